The van der Waals surface area contributed by atoms with Gasteiger partial charge in [0.25, 0.3) is 0 Å². The van der Waals surface area contributed by atoms with Crippen molar-refractivity contribution in [2.45, 2.75) is 32.3 Å². The van der Waals surface area contributed by atoms with E-state index >= 15 is 0 Å². The molecule has 0 aliphatic heterocycles. The van der Waals surface area contributed by atoms with Gasteiger partial charge in [0.1, 0.15) is 4.88 Å². The fraction of sp³-hybridized carbons (Fsp3) is 0.450. The fourth-order valence-corrected chi connectivity index (χ4v) is 4.63. The molecule has 140 valence electrons. The summed E-state index contributed by atoms with van der Waals surface area (Å²) >= 11 is 7.54. The standard InChI is InChI=1S/C20H24ClNO3S/c1-2-25-20(24)19-10-15-8-13(6-7-18(15)26-19)11-22-12-17(23)14-4-3-5-16(21)9-14/h3-5,9-10,13,17,22-23H,2,6-8,11-12H2,1H3/t13?,17-/m0/s1. The number of carbonyl (C=O) groups excluding carboxylic acids is 1. The van der Waals surface area contributed by atoms with Gasteiger partial charge in [0.2, 0.25) is 0 Å². The van der Waals surface area contributed by atoms with Crippen molar-refractivity contribution in [3.8, 4) is 0 Å². The zero-order chi connectivity index (χ0) is 18.5. The van der Waals surface area contributed by atoms with E-state index in [9.17, 15) is 9.90 Å². The van der Waals surface area contributed by atoms with Crippen molar-refractivity contribution in [2.24, 2.45) is 5.92 Å². The maximum atomic E-state index is 11.9. The number of hydrogen-bond acceptors (Lipinski definition) is 5. The van der Waals surface area contributed by atoms with Crippen LogP contribution in [0.15, 0.2) is 30.3 Å². The summed E-state index contributed by atoms with van der Waals surface area (Å²) in [5.41, 5.74) is 2.10. The van der Waals surface area contributed by atoms with Gasteiger partial charge in [0, 0.05) is 16.4 Å². The van der Waals surface area contributed by atoms with E-state index < -0.39 is 6.10 Å². The molecule has 1 aliphatic carbocycles. The average molecular weight is 394 g/mol. The summed E-state index contributed by atoms with van der Waals surface area (Å²) in [6.07, 6.45) is 2.49. The molecule has 26 heavy (non-hydrogen) atoms. The highest BCUT2D eigenvalue weighted by Gasteiger charge is 2.23. The first kappa shape index (κ1) is 19.4. The SMILES string of the molecule is CCOC(=O)c1cc2c(s1)CCC(CNC[C@H](O)c1cccc(Cl)c1)C2. The molecule has 0 saturated heterocycles. The summed E-state index contributed by atoms with van der Waals surface area (Å²) in [4.78, 5) is 13.9. The third-order valence-corrected chi connectivity index (χ3v) is 6.12. The minimum atomic E-state index is -0.565. The van der Waals surface area contributed by atoms with Crippen LogP contribution in [-0.4, -0.2) is 30.8 Å². The minimum absolute atomic E-state index is 0.216. The van der Waals surface area contributed by atoms with Crippen LogP contribution in [0.4, 0.5) is 0 Å². The molecule has 0 saturated carbocycles. The molecule has 6 heteroatoms. The number of thiophene rings is 1. The first-order valence-corrected chi connectivity index (χ1v) is 10.2. The number of aliphatic hydroxyl groups is 1. The predicted molar refractivity (Wildman–Crippen MR) is 105 cm³/mol. The van der Waals surface area contributed by atoms with Crippen molar-refractivity contribution >= 4 is 28.9 Å². The molecule has 0 spiro atoms. The molecule has 1 heterocycles. The number of ether oxygens (including phenoxy) is 1. The second-order valence-corrected chi connectivity index (χ2v) is 8.19. The number of fused-ring (bicyclic) bond motifs is 1. The Kier molecular flexibility index (Phi) is 6.70. The lowest BCUT2D eigenvalue weighted by Crippen LogP contribution is -2.30. The van der Waals surface area contributed by atoms with Crippen molar-refractivity contribution in [1.29, 1.82) is 0 Å². The van der Waals surface area contributed by atoms with Crippen LogP contribution in [0.25, 0.3) is 0 Å². The van der Waals surface area contributed by atoms with Gasteiger partial charge in [-0.1, -0.05) is 23.7 Å². The highest BCUT2D eigenvalue weighted by atomic mass is 35.5. The van der Waals surface area contributed by atoms with Crippen molar-refractivity contribution in [2.75, 3.05) is 19.7 Å². The molecule has 2 atom stereocenters. The third kappa shape index (κ3) is 4.86. The van der Waals surface area contributed by atoms with Gasteiger partial charge in [-0.3, -0.25) is 0 Å². The smallest absolute Gasteiger partial charge is 0.348 e. The lowest BCUT2D eigenvalue weighted by Gasteiger charge is -2.23. The second-order valence-electron chi connectivity index (χ2n) is 6.62. The Morgan fingerprint density at radius 1 is 1.46 bits per heavy atom. The molecule has 4 nitrogen and oxygen atoms in total. The maximum absolute atomic E-state index is 11.9. The van der Waals surface area contributed by atoms with E-state index in [1.54, 1.807) is 23.5 Å². The van der Waals surface area contributed by atoms with Crippen molar-refractivity contribution < 1.29 is 14.6 Å². The molecule has 0 fully saturated rings. The normalized spacial score (nSPS) is 17.6. The van der Waals surface area contributed by atoms with E-state index in [2.05, 4.69) is 5.32 Å². The number of esters is 1. The number of nitrogens with one attached hydrogen (secondary N) is 1. The third-order valence-electron chi connectivity index (χ3n) is 4.67. The molecule has 1 aromatic heterocycles. The number of halogens is 1. The summed E-state index contributed by atoms with van der Waals surface area (Å²) in [7, 11) is 0. The van der Waals surface area contributed by atoms with E-state index in [1.165, 1.54) is 10.4 Å². The molecular weight excluding hydrogens is 370 g/mol. The number of rotatable bonds is 7. The van der Waals surface area contributed by atoms with Crippen LogP contribution >= 0.6 is 22.9 Å². The van der Waals surface area contributed by atoms with Crippen LogP contribution in [0.1, 0.15) is 45.1 Å². The van der Waals surface area contributed by atoms with Crippen molar-refractivity contribution in [3.63, 3.8) is 0 Å². The van der Waals surface area contributed by atoms with Crippen molar-refractivity contribution in [1.82, 2.24) is 5.32 Å². The maximum Gasteiger partial charge on any atom is 0.348 e. The van der Waals surface area contributed by atoms with Crippen LogP contribution < -0.4 is 5.32 Å². The van der Waals surface area contributed by atoms with Gasteiger partial charge < -0.3 is 15.2 Å². The summed E-state index contributed by atoms with van der Waals surface area (Å²) in [6, 6.07) is 9.32. The Bertz CT molecular complexity index is 761. The second kappa shape index (κ2) is 9.00. The lowest BCUT2D eigenvalue weighted by molar-refractivity contribution is 0.0532. The Balaban J connectivity index is 1.49. The zero-order valence-electron chi connectivity index (χ0n) is 14.8. The minimum Gasteiger partial charge on any atom is -0.462 e. The largest absolute Gasteiger partial charge is 0.462 e. The molecule has 3 rings (SSSR count). The zero-order valence-corrected chi connectivity index (χ0v) is 16.4. The van der Waals surface area contributed by atoms with Gasteiger partial charge in [-0.2, -0.15) is 0 Å². The average Bonchev–Trinajstić information content (AvgIpc) is 3.05. The summed E-state index contributed by atoms with van der Waals surface area (Å²) in [5, 5.41) is 14.3. The summed E-state index contributed by atoms with van der Waals surface area (Å²) < 4.78 is 5.10. The molecule has 0 radical (unpaired) electrons. The number of benzene rings is 1. The summed E-state index contributed by atoms with van der Waals surface area (Å²) in [5.74, 6) is 0.296. The lowest BCUT2D eigenvalue weighted by atomic mass is 9.88. The quantitative estimate of drug-likeness (QED) is 0.698. The van der Waals surface area contributed by atoms with Crippen LogP contribution in [-0.2, 0) is 17.6 Å². The van der Waals surface area contributed by atoms with Gasteiger partial charge in [-0.15, -0.1) is 11.3 Å². The molecule has 2 N–H and O–H groups in total. The number of aliphatic hydroxyl groups excluding tert-OH is 1. The van der Waals surface area contributed by atoms with E-state index in [0.717, 1.165) is 31.4 Å². The molecule has 0 bridgehead atoms. The fourth-order valence-electron chi connectivity index (χ4n) is 3.33. The molecule has 1 aliphatic rings. The number of aryl methyl sites for hydroxylation is 1. The Hall–Kier alpha value is -1.40. The molecule has 2 aromatic rings. The highest BCUT2D eigenvalue weighted by molar-refractivity contribution is 7.14. The number of hydrogen-bond donors (Lipinski definition) is 2. The van der Waals surface area contributed by atoms with Crippen molar-refractivity contribution in [3.05, 3.63) is 56.2 Å². The molecule has 0 amide bonds. The highest BCUT2D eigenvalue weighted by Crippen LogP contribution is 2.32. The van der Waals surface area contributed by atoms with Crippen LogP contribution in [0.3, 0.4) is 0 Å². The molecular formula is C20H24ClNO3S. The Morgan fingerprint density at radius 3 is 3.08 bits per heavy atom. The Labute approximate surface area is 163 Å². The van der Waals surface area contributed by atoms with E-state index in [4.69, 9.17) is 16.3 Å². The van der Waals surface area contributed by atoms with Gasteiger partial charge in [-0.25, -0.2) is 4.79 Å². The summed E-state index contributed by atoms with van der Waals surface area (Å²) in [6.45, 7) is 3.58. The molecule has 1 unspecified atom stereocenters. The Morgan fingerprint density at radius 2 is 2.31 bits per heavy atom. The first-order valence-electron chi connectivity index (χ1n) is 8.99. The van der Waals surface area contributed by atoms with Crippen LogP contribution in [0.2, 0.25) is 5.02 Å². The van der Waals surface area contributed by atoms with Gasteiger partial charge in [0.15, 0.2) is 0 Å². The van der Waals surface area contributed by atoms with E-state index in [1.807, 2.05) is 25.1 Å². The topological polar surface area (TPSA) is 58.6 Å². The predicted octanol–water partition coefficient (Wildman–Crippen LogP) is 4.01. The van der Waals surface area contributed by atoms with Gasteiger partial charge in [0.05, 0.1) is 12.7 Å². The molecule has 1 aromatic carbocycles. The first-order chi connectivity index (χ1) is 12.6. The van der Waals surface area contributed by atoms with E-state index in [0.29, 0.717) is 29.0 Å². The van der Waals surface area contributed by atoms with Crippen LogP contribution in [0.5, 0.6) is 0 Å². The van der Waals surface area contributed by atoms with E-state index in [-0.39, 0.29) is 5.97 Å². The van der Waals surface area contributed by atoms with Crippen LogP contribution in [0, 0.1) is 5.92 Å². The van der Waals surface area contributed by atoms with Gasteiger partial charge in [-0.05, 0) is 68.0 Å². The number of carbonyl (C=O) groups is 1. The van der Waals surface area contributed by atoms with Gasteiger partial charge >= 0.3 is 5.97 Å². The monoisotopic (exact) mass is 393 g/mol.